The first-order valence-electron chi connectivity index (χ1n) is 15.4. The minimum atomic E-state index is -0.915. The SMILES string of the molecule is Oc1cc(-c2nc3c4c(nc(OC[C@@]56CCCN5C[C@@H](F)C6)nc4c2F)N2C[C@H]4CC[C@H](N4)[C@@H]2CO3)c2c(F)cccc2c1. The molecular formula is C32H31F3N6O3. The normalized spacial score (nSPS) is 29.1. The van der Waals surface area contributed by atoms with Gasteiger partial charge in [-0.05, 0) is 55.8 Å². The predicted molar refractivity (Wildman–Crippen MR) is 157 cm³/mol. The van der Waals surface area contributed by atoms with Crippen LogP contribution in [0.25, 0.3) is 32.9 Å². The van der Waals surface area contributed by atoms with Crippen LogP contribution in [0.1, 0.15) is 32.1 Å². The van der Waals surface area contributed by atoms with Gasteiger partial charge in [0.2, 0.25) is 5.88 Å². The lowest BCUT2D eigenvalue weighted by molar-refractivity contribution is 0.107. The van der Waals surface area contributed by atoms with Gasteiger partial charge in [-0.3, -0.25) is 4.90 Å². The lowest BCUT2D eigenvalue weighted by atomic mass is 9.95. The Morgan fingerprint density at radius 1 is 1.11 bits per heavy atom. The van der Waals surface area contributed by atoms with Crippen LogP contribution >= 0.6 is 0 Å². The molecule has 2 aromatic carbocycles. The highest BCUT2D eigenvalue weighted by molar-refractivity contribution is 6.02. The number of ether oxygens (including phenoxy) is 2. The molecule has 0 amide bonds. The molecule has 0 unspecified atom stereocenters. The second kappa shape index (κ2) is 9.55. The van der Waals surface area contributed by atoms with Crippen LogP contribution in [0.15, 0.2) is 30.3 Å². The summed E-state index contributed by atoms with van der Waals surface area (Å²) in [7, 11) is 0. The highest BCUT2D eigenvalue weighted by atomic mass is 19.1. The number of anilines is 1. The molecule has 5 atom stereocenters. The number of phenolic OH excluding ortho intramolecular Hbond substituents is 1. The third-order valence-electron chi connectivity index (χ3n) is 10.3. The molecule has 0 aliphatic carbocycles. The monoisotopic (exact) mass is 604 g/mol. The van der Waals surface area contributed by atoms with E-state index in [0.717, 1.165) is 32.2 Å². The summed E-state index contributed by atoms with van der Waals surface area (Å²) in [6.45, 7) is 2.34. The van der Waals surface area contributed by atoms with E-state index in [1.165, 1.54) is 24.3 Å². The summed E-state index contributed by atoms with van der Waals surface area (Å²) in [5, 5.41) is 15.0. The number of aromatic hydroxyl groups is 1. The van der Waals surface area contributed by atoms with Gasteiger partial charge in [0.1, 0.15) is 53.4 Å². The van der Waals surface area contributed by atoms with Crippen molar-refractivity contribution in [2.75, 3.05) is 37.7 Å². The summed E-state index contributed by atoms with van der Waals surface area (Å²) in [4.78, 5) is 18.3. The van der Waals surface area contributed by atoms with Gasteiger partial charge >= 0.3 is 6.01 Å². The van der Waals surface area contributed by atoms with Crippen LogP contribution in [-0.4, -0.2) is 87.6 Å². The molecule has 2 N–H and O–H groups in total. The van der Waals surface area contributed by atoms with E-state index in [1.54, 1.807) is 6.07 Å². The molecule has 9 nitrogen and oxygen atoms in total. The number of fused-ring (bicyclic) bond motifs is 7. The topological polar surface area (TPSA) is 95.9 Å². The third kappa shape index (κ3) is 3.89. The van der Waals surface area contributed by atoms with Crippen LogP contribution < -0.4 is 19.7 Å². The van der Waals surface area contributed by atoms with Crippen molar-refractivity contribution >= 4 is 27.5 Å². The van der Waals surface area contributed by atoms with Gasteiger partial charge in [-0.1, -0.05) is 12.1 Å². The molecule has 2 aromatic heterocycles. The number of benzene rings is 2. The number of alkyl halides is 1. The molecule has 0 spiro atoms. The van der Waals surface area contributed by atoms with Gasteiger partial charge < -0.3 is 24.8 Å². The number of piperazine rings is 1. The molecule has 9 rings (SSSR count). The summed E-state index contributed by atoms with van der Waals surface area (Å²) in [6, 6.07) is 7.54. The second-order valence-electron chi connectivity index (χ2n) is 12.9. The fourth-order valence-corrected chi connectivity index (χ4v) is 8.36. The van der Waals surface area contributed by atoms with E-state index in [1.807, 2.05) is 0 Å². The van der Waals surface area contributed by atoms with E-state index in [0.29, 0.717) is 36.1 Å². The molecular weight excluding hydrogens is 573 g/mol. The summed E-state index contributed by atoms with van der Waals surface area (Å²) in [6.07, 6.45) is 3.24. The molecule has 0 saturated carbocycles. The molecule has 5 aliphatic rings. The van der Waals surface area contributed by atoms with Crippen LogP contribution in [0, 0.1) is 11.6 Å². The molecule has 12 heteroatoms. The molecule has 228 valence electrons. The Morgan fingerprint density at radius 2 is 2.02 bits per heavy atom. The quantitative estimate of drug-likeness (QED) is 0.350. The Morgan fingerprint density at radius 3 is 2.93 bits per heavy atom. The number of hydrogen-bond acceptors (Lipinski definition) is 9. The van der Waals surface area contributed by atoms with Gasteiger partial charge in [0.15, 0.2) is 5.82 Å². The second-order valence-corrected chi connectivity index (χ2v) is 12.9. The van der Waals surface area contributed by atoms with Crippen molar-refractivity contribution in [1.29, 1.82) is 0 Å². The molecule has 7 heterocycles. The maximum absolute atomic E-state index is 16.8. The number of rotatable bonds is 4. The maximum atomic E-state index is 16.8. The van der Waals surface area contributed by atoms with Crippen LogP contribution in [-0.2, 0) is 0 Å². The molecule has 44 heavy (non-hydrogen) atoms. The molecule has 4 aromatic rings. The number of phenols is 1. The van der Waals surface area contributed by atoms with Crippen molar-refractivity contribution in [3.05, 3.63) is 42.0 Å². The zero-order chi connectivity index (χ0) is 29.7. The van der Waals surface area contributed by atoms with Gasteiger partial charge in [0, 0.05) is 42.5 Å². The Kier molecular flexibility index (Phi) is 5.75. The average molecular weight is 605 g/mol. The number of hydrogen-bond donors (Lipinski definition) is 2. The highest BCUT2D eigenvalue weighted by Crippen LogP contribution is 2.45. The van der Waals surface area contributed by atoms with Crippen LogP contribution in [0.3, 0.4) is 0 Å². The van der Waals surface area contributed by atoms with Crippen molar-refractivity contribution in [2.24, 2.45) is 0 Å². The number of halogens is 3. The van der Waals surface area contributed by atoms with Gasteiger partial charge in [0.05, 0.1) is 11.6 Å². The van der Waals surface area contributed by atoms with E-state index in [9.17, 15) is 9.50 Å². The molecule has 4 fully saturated rings. The van der Waals surface area contributed by atoms with Gasteiger partial charge in [0.25, 0.3) is 0 Å². The average Bonchev–Trinajstić information content (AvgIpc) is 3.64. The Hall–Kier alpha value is -3.90. The number of aromatic nitrogens is 3. The molecule has 5 aliphatic heterocycles. The fourth-order valence-electron chi connectivity index (χ4n) is 8.36. The predicted octanol–water partition coefficient (Wildman–Crippen LogP) is 4.49. The van der Waals surface area contributed by atoms with Crippen LogP contribution in [0.4, 0.5) is 19.0 Å². The number of nitrogens with one attached hydrogen (secondary N) is 1. The zero-order valence-corrected chi connectivity index (χ0v) is 23.9. The molecule has 0 radical (unpaired) electrons. The zero-order valence-electron chi connectivity index (χ0n) is 23.9. The van der Waals surface area contributed by atoms with Crippen molar-refractivity contribution in [3.63, 3.8) is 0 Å². The summed E-state index contributed by atoms with van der Waals surface area (Å²) in [5.74, 6) is -0.881. The van der Waals surface area contributed by atoms with E-state index in [2.05, 4.69) is 25.1 Å². The first-order valence-corrected chi connectivity index (χ1v) is 15.4. The lowest BCUT2D eigenvalue weighted by Gasteiger charge is -2.40. The first-order chi connectivity index (χ1) is 21.4. The largest absolute Gasteiger partial charge is 0.508 e. The van der Waals surface area contributed by atoms with E-state index in [-0.39, 0.29) is 71.1 Å². The summed E-state index contributed by atoms with van der Waals surface area (Å²) < 4.78 is 59.1. The minimum Gasteiger partial charge on any atom is -0.508 e. The smallest absolute Gasteiger partial charge is 0.319 e. The van der Waals surface area contributed by atoms with Crippen LogP contribution in [0.5, 0.6) is 17.6 Å². The van der Waals surface area contributed by atoms with E-state index in [4.69, 9.17) is 14.5 Å². The maximum Gasteiger partial charge on any atom is 0.319 e. The van der Waals surface area contributed by atoms with Gasteiger partial charge in [-0.2, -0.15) is 9.97 Å². The first kappa shape index (κ1) is 26.5. The number of pyridine rings is 1. The molecule has 4 saturated heterocycles. The third-order valence-corrected chi connectivity index (χ3v) is 10.3. The van der Waals surface area contributed by atoms with E-state index >= 15 is 8.78 Å². The Balaban J connectivity index is 1.23. The number of nitrogens with zero attached hydrogens (tertiary/aromatic N) is 5. The standard InChI is InChI=1S/C32H31F3N6O3/c33-17-11-32(7-2-8-40(32)12-17)15-44-31-38-28-25-29(39-31)41-13-18-5-6-22(36-18)23(41)14-43-30(25)37-27(26(28)35)20-10-19(42)9-16-3-1-4-21(34)24(16)20/h1,3-4,9-10,17-18,22-23,36,42H,2,5-8,11-15H2/t17-,18+,22-,23-,32-/m0/s1. The fraction of sp³-hybridized carbons (Fsp3) is 0.469. The minimum absolute atomic E-state index is 0.00323. The van der Waals surface area contributed by atoms with Crippen molar-refractivity contribution in [1.82, 2.24) is 25.2 Å². The Bertz CT molecular complexity index is 1840. The summed E-state index contributed by atoms with van der Waals surface area (Å²) in [5.41, 5.74) is -0.593. The van der Waals surface area contributed by atoms with Gasteiger partial charge in [-0.15, -0.1) is 0 Å². The lowest BCUT2D eigenvalue weighted by Crippen LogP contribution is -2.60. The highest BCUT2D eigenvalue weighted by Gasteiger charge is 2.50. The van der Waals surface area contributed by atoms with Crippen molar-refractivity contribution in [3.8, 4) is 28.9 Å². The van der Waals surface area contributed by atoms with Crippen LogP contribution in [0.2, 0.25) is 0 Å². The van der Waals surface area contributed by atoms with E-state index < -0.39 is 23.3 Å². The van der Waals surface area contributed by atoms with Gasteiger partial charge in [-0.25, -0.2) is 18.2 Å². The van der Waals surface area contributed by atoms with Crippen molar-refractivity contribution < 1.29 is 27.8 Å². The van der Waals surface area contributed by atoms with Crippen molar-refractivity contribution in [2.45, 2.75) is 61.9 Å². The Labute approximate surface area is 251 Å². The summed E-state index contributed by atoms with van der Waals surface area (Å²) >= 11 is 0. The molecule has 2 bridgehead atoms.